The summed E-state index contributed by atoms with van der Waals surface area (Å²) in [5, 5.41) is 9.10. The molecule has 0 radical (unpaired) electrons. The van der Waals surface area contributed by atoms with Crippen molar-refractivity contribution in [2.24, 2.45) is 5.10 Å². The molecule has 0 fully saturated rings. The van der Waals surface area contributed by atoms with E-state index < -0.39 is 0 Å². The molecule has 1 aromatic carbocycles. The highest BCUT2D eigenvalue weighted by molar-refractivity contribution is 7.12. The molecule has 0 saturated heterocycles. The lowest BCUT2D eigenvalue weighted by molar-refractivity contribution is -0.133. The van der Waals surface area contributed by atoms with E-state index in [1.807, 2.05) is 35.7 Å². The summed E-state index contributed by atoms with van der Waals surface area (Å²) in [7, 11) is 0. The van der Waals surface area contributed by atoms with Crippen molar-refractivity contribution in [2.75, 3.05) is 0 Å². The highest BCUT2D eigenvalue weighted by atomic mass is 35.5. The number of unbranched alkanes of at least 4 members (excludes halogenated alkanes) is 2. The summed E-state index contributed by atoms with van der Waals surface area (Å²) in [6, 6.07) is 11.8. The number of benzene rings is 1. The van der Waals surface area contributed by atoms with Crippen molar-refractivity contribution in [1.29, 1.82) is 0 Å². The van der Waals surface area contributed by atoms with Crippen LogP contribution in [0.25, 0.3) is 0 Å². The summed E-state index contributed by atoms with van der Waals surface area (Å²) in [6.45, 7) is 2.14. The van der Waals surface area contributed by atoms with Gasteiger partial charge in [-0.05, 0) is 35.6 Å². The quantitative estimate of drug-likeness (QED) is 0.612. The molecule has 126 valence electrons. The van der Waals surface area contributed by atoms with Gasteiger partial charge in [0.15, 0.2) is 0 Å². The summed E-state index contributed by atoms with van der Waals surface area (Å²) in [4.78, 5) is 13.8. The lowest BCUT2D eigenvalue weighted by Gasteiger charge is -2.22. The number of carbonyl (C=O) groups is 1. The second-order valence-corrected chi connectivity index (χ2v) is 7.38. The molecule has 0 saturated carbocycles. The maximum atomic E-state index is 12.7. The Bertz CT molecular complexity index is 709. The zero-order chi connectivity index (χ0) is 16.9. The van der Waals surface area contributed by atoms with Gasteiger partial charge in [-0.2, -0.15) is 5.10 Å². The van der Waals surface area contributed by atoms with E-state index in [4.69, 9.17) is 11.6 Å². The number of rotatable bonds is 6. The molecular formula is C19H21ClN2OS. The number of nitrogens with zero attached hydrogens (tertiary/aromatic N) is 2. The summed E-state index contributed by atoms with van der Waals surface area (Å²) in [5.41, 5.74) is 2.08. The van der Waals surface area contributed by atoms with Gasteiger partial charge in [-0.1, -0.05) is 49.6 Å². The molecule has 3 rings (SSSR count). The van der Waals surface area contributed by atoms with Crippen molar-refractivity contribution in [1.82, 2.24) is 5.01 Å². The zero-order valence-electron chi connectivity index (χ0n) is 13.7. The third-order valence-electron chi connectivity index (χ3n) is 4.22. The van der Waals surface area contributed by atoms with Gasteiger partial charge in [0.1, 0.15) is 0 Å². The standard InChI is InChI=1S/C19H21ClN2OS/c1-2-3-4-7-19(23)22-17(14-8-10-15(20)11-9-14)13-16(21-22)18-6-5-12-24-18/h5-6,8-12,17H,2-4,7,13H2,1H3. The molecule has 1 aliphatic heterocycles. The van der Waals surface area contributed by atoms with E-state index in [-0.39, 0.29) is 11.9 Å². The van der Waals surface area contributed by atoms with Gasteiger partial charge in [-0.15, -0.1) is 11.3 Å². The minimum atomic E-state index is -0.0338. The molecule has 2 heterocycles. The summed E-state index contributed by atoms with van der Waals surface area (Å²) >= 11 is 7.67. The normalized spacial score (nSPS) is 17.2. The number of carbonyl (C=O) groups excluding carboxylic acids is 1. The Morgan fingerprint density at radius 1 is 1.29 bits per heavy atom. The van der Waals surface area contributed by atoms with Gasteiger partial charge < -0.3 is 0 Å². The van der Waals surface area contributed by atoms with Crippen molar-refractivity contribution < 1.29 is 4.79 Å². The van der Waals surface area contributed by atoms with Crippen LogP contribution in [0.3, 0.4) is 0 Å². The monoisotopic (exact) mass is 360 g/mol. The van der Waals surface area contributed by atoms with E-state index >= 15 is 0 Å². The first kappa shape index (κ1) is 17.2. The van der Waals surface area contributed by atoms with Crippen molar-refractivity contribution in [2.45, 2.75) is 45.1 Å². The van der Waals surface area contributed by atoms with Crippen LogP contribution in [-0.4, -0.2) is 16.6 Å². The number of hydrogen-bond acceptors (Lipinski definition) is 3. The first-order valence-electron chi connectivity index (χ1n) is 8.38. The Morgan fingerprint density at radius 3 is 2.75 bits per heavy atom. The van der Waals surface area contributed by atoms with E-state index in [1.165, 1.54) is 0 Å². The molecule has 3 nitrogen and oxygen atoms in total. The fraction of sp³-hybridized carbons (Fsp3) is 0.368. The maximum Gasteiger partial charge on any atom is 0.243 e. The molecule has 0 aliphatic carbocycles. The third kappa shape index (κ3) is 3.87. The highest BCUT2D eigenvalue weighted by Crippen LogP contribution is 2.34. The molecule has 1 amide bonds. The van der Waals surface area contributed by atoms with Crippen molar-refractivity contribution >= 4 is 34.6 Å². The average molecular weight is 361 g/mol. The van der Waals surface area contributed by atoms with Gasteiger partial charge in [-0.25, -0.2) is 5.01 Å². The Hall–Kier alpha value is -1.65. The lowest BCUT2D eigenvalue weighted by Crippen LogP contribution is -2.26. The summed E-state index contributed by atoms with van der Waals surface area (Å²) < 4.78 is 0. The van der Waals surface area contributed by atoms with Crippen molar-refractivity contribution in [3.05, 3.63) is 57.2 Å². The van der Waals surface area contributed by atoms with Crippen molar-refractivity contribution in [3.63, 3.8) is 0 Å². The fourth-order valence-electron chi connectivity index (χ4n) is 2.92. The van der Waals surface area contributed by atoms with Crippen LogP contribution in [0.15, 0.2) is 46.9 Å². The molecule has 2 aromatic rings. The Labute approximate surface area is 151 Å². The maximum absolute atomic E-state index is 12.7. The number of hydrogen-bond donors (Lipinski definition) is 0. The van der Waals surface area contributed by atoms with E-state index in [9.17, 15) is 4.79 Å². The first-order valence-corrected chi connectivity index (χ1v) is 9.63. The molecule has 0 bridgehead atoms. The zero-order valence-corrected chi connectivity index (χ0v) is 15.3. The predicted molar refractivity (Wildman–Crippen MR) is 101 cm³/mol. The molecule has 1 unspecified atom stereocenters. The Balaban J connectivity index is 1.83. The smallest absolute Gasteiger partial charge is 0.243 e. The van der Waals surface area contributed by atoms with Crippen LogP contribution in [0.4, 0.5) is 0 Å². The van der Waals surface area contributed by atoms with Gasteiger partial charge in [0.05, 0.1) is 16.6 Å². The second-order valence-electron chi connectivity index (χ2n) is 5.99. The van der Waals surface area contributed by atoms with Crippen LogP contribution in [0.5, 0.6) is 0 Å². The van der Waals surface area contributed by atoms with Gasteiger partial charge >= 0.3 is 0 Å². The topological polar surface area (TPSA) is 32.7 Å². The molecule has 1 aromatic heterocycles. The number of amides is 1. The second kappa shape index (κ2) is 7.95. The number of thiophene rings is 1. The molecule has 0 spiro atoms. The van der Waals surface area contributed by atoms with Crippen LogP contribution in [0.1, 0.15) is 55.5 Å². The minimum absolute atomic E-state index is 0.0338. The van der Waals surface area contributed by atoms with E-state index in [0.29, 0.717) is 11.4 Å². The van der Waals surface area contributed by atoms with E-state index in [1.54, 1.807) is 16.3 Å². The van der Waals surface area contributed by atoms with Gasteiger partial charge in [0.25, 0.3) is 0 Å². The molecule has 1 aliphatic rings. The third-order valence-corrected chi connectivity index (χ3v) is 5.39. The van der Waals surface area contributed by atoms with Crippen LogP contribution in [-0.2, 0) is 4.79 Å². The average Bonchev–Trinajstić information content (AvgIpc) is 3.25. The van der Waals surface area contributed by atoms with Gasteiger partial charge in [0, 0.05) is 17.9 Å². The fourth-order valence-corrected chi connectivity index (χ4v) is 3.76. The Morgan fingerprint density at radius 2 is 2.08 bits per heavy atom. The molecule has 5 heteroatoms. The van der Waals surface area contributed by atoms with Gasteiger partial charge in [0.2, 0.25) is 5.91 Å². The van der Waals surface area contributed by atoms with E-state index in [2.05, 4.69) is 18.1 Å². The first-order chi connectivity index (χ1) is 11.7. The summed E-state index contributed by atoms with van der Waals surface area (Å²) in [5.74, 6) is 0.106. The van der Waals surface area contributed by atoms with Gasteiger partial charge in [-0.3, -0.25) is 4.79 Å². The number of hydrazone groups is 1. The Kier molecular flexibility index (Phi) is 5.69. The van der Waals surface area contributed by atoms with Crippen LogP contribution in [0.2, 0.25) is 5.02 Å². The summed E-state index contributed by atoms with van der Waals surface area (Å²) in [6.07, 6.45) is 4.41. The molecular weight excluding hydrogens is 340 g/mol. The largest absolute Gasteiger partial charge is 0.273 e. The van der Waals surface area contributed by atoms with E-state index in [0.717, 1.165) is 41.8 Å². The number of halogens is 1. The lowest BCUT2D eigenvalue weighted by atomic mass is 10.0. The van der Waals surface area contributed by atoms with Crippen LogP contribution in [0, 0.1) is 0 Å². The molecule has 0 N–H and O–H groups in total. The van der Waals surface area contributed by atoms with Crippen molar-refractivity contribution in [3.8, 4) is 0 Å². The van der Waals surface area contributed by atoms with Crippen LogP contribution >= 0.6 is 22.9 Å². The van der Waals surface area contributed by atoms with Crippen LogP contribution < -0.4 is 0 Å². The highest BCUT2D eigenvalue weighted by Gasteiger charge is 2.32. The SMILES string of the molecule is CCCCCC(=O)N1N=C(c2cccs2)CC1c1ccc(Cl)cc1. The predicted octanol–water partition coefficient (Wildman–Crippen LogP) is 5.66. The minimum Gasteiger partial charge on any atom is -0.273 e. The molecule has 1 atom stereocenters. The molecule has 24 heavy (non-hydrogen) atoms.